The molecule has 4 unspecified atom stereocenters. The molecule has 0 saturated heterocycles. The van der Waals surface area contributed by atoms with E-state index in [0.717, 1.165) is 18.4 Å². The number of hydrogen-bond donors (Lipinski definition) is 3. The predicted octanol–water partition coefficient (Wildman–Crippen LogP) is 4.32. The van der Waals surface area contributed by atoms with E-state index in [-0.39, 0.29) is 24.8 Å². The number of carboxylic acids is 1. The first-order valence-electron chi connectivity index (χ1n) is 11.2. The van der Waals surface area contributed by atoms with Crippen molar-refractivity contribution < 1.29 is 29.3 Å². The Labute approximate surface area is 185 Å². The minimum absolute atomic E-state index is 0.00958. The molecule has 0 aromatic heterocycles. The maximum absolute atomic E-state index is 12.4. The van der Waals surface area contributed by atoms with Gasteiger partial charge >= 0.3 is 12.1 Å². The van der Waals surface area contributed by atoms with E-state index in [4.69, 9.17) is 14.6 Å². The first kappa shape index (κ1) is 25.0. The molecule has 1 aromatic carbocycles. The Morgan fingerprint density at radius 2 is 2.03 bits per heavy atom. The van der Waals surface area contributed by atoms with Crippen molar-refractivity contribution in [3.63, 3.8) is 0 Å². The average Bonchev–Trinajstić information content (AvgIpc) is 2.71. The van der Waals surface area contributed by atoms with E-state index in [2.05, 4.69) is 12.2 Å². The van der Waals surface area contributed by atoms with Gasteiger partial charge in [0.1, 0.15) is 11.9 Å². The van der Waals surface area contributed by atoms with Gasteiger partial charge in [0.15, 0.2) is 0 Å². The van der Waals surface area contributed by atoms with Crippen LogP contribution in [0.3, 0.4) is 0 Å². The largest absolute Gasteiger partial charge is 0.497 e. The van der Waals surface area contributed by atoms with Crippen molar-refractivity contribution in [1.29, 1.82) is 0 Å². The van der Waals surface area contributed by atoms with E-state index in [0.29, 0.717) is 30.9 Å². The number of carboxylic acid groups (broad SMARTS) is 1. The average molecular weight is 436 g/mol. The molecule has 7 heteroatoms. The number of carbonyl (C=O) groups is 2. The fourth-order valence-electron chi connectivity index (χ4n) is 4.70. The van der Waals surface area contributed by atoms with Crippen LogP contribution in [-0.4, -0.2) is 42.0 Å². The quantitative estimate of drug-likeness (QED) is 0.505. The lowest BCUT2D eigenvalue weighted by Gasteiger charge is -2.43. The lowest BCUT2D eigenvalue weighted by Crippen LogP contribution is -2.45. The van der Waals surface area contributed by atoms with Crippen LogP contribution in [0.4, 0.5) is 4.79 Å². The molecule has 3 N–H and O–H groups in total. The lowest BCUT2D eigenvalue weighted by molar-refractivity contribution is -0.138. The van der Waals surface area contributed by atoms with Gasteiger partial charge in [-0.1, -0.05) is 39.3 Å². The molecule has 7 nitrogen and oxygen atoms in total. The van der Waals surface area contributed by atoms with Crippen molar-refractivity contribution in [3.05, 3.63) is 29.8 Å². The van der Waals surface area contributed by atoms with Gasteiger partial charge < -0.3 is 25.0 Å². The third-order valence-electron chi connectivity index (χ3n) is 6.19. The Bertz CT molecular complexity index is 737. The van der Waals surface area contributed by atoms with E-state index in [1.807, 2.05) is 38.1 Å². The third kappa shape index (κ3) is 7.13. The van der Waals surface area contributed by atoms with Crippen molar-refractivity contribution in [2.75, 3.05) is 13.7 Å². The minimum atomic E-state index is -1.10. The summed E-state index contributed by atoms with van der Waals surface area (Å²) in [4.78, 5) is 23.5. The van der Waals surface area contributed by atoms with E-state index in [1.165, 1.54) is 0 Å². The minimum Gasteiger partial charge on any atom is -0.497 e. The standard InChI is InChI=1S/C24H37NO6/c1-5-18-9-10-21(14-24(18,29)19-7-6-8-20(13-19)30-4)31-23(28)25-15-17(11-16(2)3)12-22(26)27/h6-8,13,16-18,21,29H,5,9-12,14-15H2,1-4H3,(H,25,28)(H,26,27). The van der Waals surface area contributed by atoms with Crippen LogP contribution in [0, 0.1) is 17.8 Å². The Kier molecular flexibility index (Phi) is 9.16. The zero-order valence-electron chi connectivity index (χ0n) is 19.1. The van der Waals surface area contributed by atoms with Gasteiger partial charge in [0.25, 0.3) is 0 Å². The topological polar surface area (TPSA) is 105 Å². The first-order valence-corrected chi connectivity index (χ1v) is 11.2. The normalized spacial score (nSPS) is 24.5. The molecule has 31 heavy (non-hydrogen) atoms. The summed E-state index contributed by atoms with van der Waals surface area (Å²) in [5.74, 6) is 0.0608. The second-order valence-corrected chi connectivity index (χ2v) is 9.04. The van der Waals surface area contributed by atoms with Crippen LogP contribution in [0.15, 0.2) is 24.3 Å². The number of ether oxygens (including phenoxy) is 2. The molecule has 0 aliphatic heterocycles. The van der Waals surface area contributed by atoms with Gasteiger partial charge in [0, 0.05) is 19.4 Å². The smallest absolute Gasteiger partial charge is 0.407 e. The number of benzene rings is 1. The SMILES string of the molecule is CCC1CCC(OC(=O)NCC(CC(=O)O)CC(C)C)CC1(O)c1cccc(OC)c1. The summed E-state index contributed by atoms with van der Waals surface area (Å²) in [7, 11) is 1.59. The summed E-state index contributed by atoms with van der Waals surface area (Å²) < 4.78 is 10.9. The van der Waals surface area contributed by atoms with Crippen LogP contribution < -0.4 is 10.1 Å². The Morgan fingerprint density at radius 3 is 2.65 bits per heavy atom. The van der Waals surface area contributed by atoms with Gasteiger partial charge in [-0.05, 0) is 54.7 Å². The summed E-state index contributed by atoms with van der Waals surface area (Å²) in [5.41, 5.74) is -0.332. The van der Waals surface area contributed by atoms with E-state index in [1.54, 1.807) is 7.11 Å². The second kappa shape index (κ2) is 11.4. The van der Waals surface area contributed by atoms with Crippen molar-refractivity contribution >= 4 is 12.1 Å². The maximum Gasteiger partial charge on any atom is 0.407 e. The monoisotopic (exact) mass is 435 g/mol. The summed E-state index contributed by atoms with van der Waals surface area (Å²) in [5, 5.41) is 23.4. The molecule has 174 valence electrons. The second-order valence-electron chi connectivity index (χ2n) is 9.04. The molecular formula is C24H37NO6. The lowest BCUT2D eigenvalue weighted by atomic mass is 9.69. The van der Waals surface area contributed by atoms with Crippen molar-refractivity contribution in [2.24, 2.45) is 17.8 Å². The number of nitrogens with one attached hydrogen (secondary N) is 1. The number of aliphatic hydroxyl groups is 1. The van der Waals surface area contributed by atoms with Crippen LogP contribution in [0.2, 0.25) is 0 Å². The number of methoxy groups -OCH3 is 1. The van der Waals surface area contributed by atoms with Gasteiger partial charge in [-0.15, -0.1) is 0 Å². The van der Waals surface area contributed by atoms with E-state index in [9.17, 15) is 14.7 Å². The first-order chi connectivity index (χ1) is 14.7. The number of carbonyl (C=O) groups excluding carboxylic acids is 1. The Morgan fingerprint density at radius 1 is 1.29 bits per heavy atom. The number of alkyl carbamates (subject to hydrolysis) is 1. The van der Waals surface area contributed by atoms with Crippen molar-refractivity contribution in [2.45, 2.75) is 71.0 Å². The number of hydrogen-bond acceptors (Lipinski definition) is 5. The predicted molar refractivity (Wildman–Crippen MR) is 118 cm³/mol. The van der Waals surface area contributed by atoms with E-state index < -0.39 is 23.8 Å². The summed E-state index contributed by atoms with van der Waals surface area (Å²) in [6, 6.07) is 7.42. The van der Waals surface area contributed by atoms with Gasteiger partial charge in [-0.25, -0.2) is 4.79 Å². The highest BCUT2D eigenvalue weighted by atomic mass is 16.6. The number of amides is 1. The molecule has 1 amide bonds. The molecule has 4 atom stereocenters. The number of aliphatic carboxylic acids is 1. The van der Waals surface area contributed by atoms with Crippen LogP contribution in [0.1, 0.15) is 64.9 Å². The van der Waals surface area contributed by atoms with Crippen LogP contribution in [-0.2, 0) is 15.1 Å². The molecule has 0 heterocycles. The molecule has 1 aliphatic carbocycles. The summed E-state index contributed by atoms with van der Waals surface area (Å²) >= 11 is 0. The molecule has 0 radical (unpaired) electrons. The molecule has 1 aromatic rings. The van der Waals surface area contributed by atoms with Crippen LogP contribution in [0.5, 0.6) is 5.75 Å². The van der Waals surface area contributed by atoms with Crippen molar-refractivity contribution in [3.8, 4) is 5.75 Å². The van der Waals surface area contributed by atoms with Gasteiger partial charge in [0.2, 0.25) is 0 Å². The fourth-order valence-corrected chi connectivity index (χ4v) is 4.70. The molecular weight excluding hydrogens is 398 g/mol. The number of rotatable bonds is 10. The Hall–Kier alpha value is -2.28. The molecule has 1 saturated carbocycles. The van der Waals surface area contributed by atoms with Crippen LogP contribution >= 0.6 is 0 Å². The maximum atomic E-state index is 12.4. The summed E-state index contributed by atoms with van der Waals surface area (Å²) in [6.07, 6.45) is 2.31. The van der Waals surface area contributed by atoms with Gasteiger partial charge in [0.05, 0.1) is 12.7 Å². The molecule has 2 rings (SSSR count). The van der Waals surface area contributed by atoms with Gasteiger partial charge in [-0.2, -0.15) is 0 Å². The van der Waals surface area contributed by atoms with Gasteiger partial charge in [-0.3, -0.25) is 4.79 Å². The summed E-state index contributed by atoms with van der Waals surface area (Å²) in [6.45, 7) is 6.37. The molecule has 1 aliphatic rings. The molecule has 0 bridgehead atoms. The zero-order chi connectivity index (χ0) is 23.0. The zero-order valence-corrected chi connectivity index (χ0v) is 19.1. The third-order valence-corrected chi connectivity index (χ3v) is 6.19. The highest BCUT2D eigenvalue weighted by Crippen LogP contribution is 2.44. The van der Waals surface area contributed by atoms with Crippen LogP contribution in [0.25, 0.3) is 0 Å². The highest BCUT2D eigenvalue weighted by molar-refractivity contribution is 5.68. The Balaban J connectivity index is 2.01. The van der Waals surface area contributed by atoms with Crippen molar-refractivity contribution in [1.82, 2.24) is 5.32 Å². The fraction of sp³-hybridized carbons (Fsp3) is 0.667. The molecule has 1 fully saturated rings. The highest BCUT2D eigenvalue weighted by Gasteiger charge is 2.44. The van der Waals surface area contributed by atoms with E-state index >= 15 is 0 Å². The molecule has 0 spiro atoms.